The third kappa shape index (κ3) is 3.88. The van der Waals surface area contributed by atoms with E-state index in [0.717, 1.165) is 6.92 Å². The van der Waals surface area contributed by atoms with Gasteiger partial charge < -0.3 is 0 Å². The van der Waals surface area contributed by atoms with Crippen molar-refractivity contribution in [1.82, 2.24) is 0 Å². The Balaban J connectivity index is 5.01. The Kier molecular flexibility index (Phi) is 4.05. The first-order valence-electron chi connectivity index (χ1n) is 3.78. The smallest absolute Gasteiger partial charge is 0.219 e. The molecule has 0 heterocycles. The van der Waals surface area contributed by atoms with E-state index in [2.05, 4.69) is 0 Å². The van der Waals surface area contributed by atoms with Crippen molar-refractivity contribution < 1.29 is 34.8 Å². The van der Waals surface area contributed by atoms with Gasteiger partial charge in [0.25, 0.3) is 9.84 Å². The quantitative estimate of drug-likeness (QED) is 0.729. The second-order valence-electron chi connectivity index (χ2n) is 2.84. The zero-order valence-corrected chi connectivity index (χ0v) is 8.30. The normalized spacial score (nSPS) is 16.5. The van der Waals surface area contributed by atoms with Crippen molar-refractivity contribution in [3.8, 4) is 0 Å². The van der Waals surface area contributed by atoms with E-state index in [1.165, 1.54) is 0 Å². The second-order valence-corrected chi connectivity index (χ2v) is 5.06. The van der Waals surface area contributed by atoms with Gasteiger partial charge in [-0.1, -0.05) is 6.92 Å². The van der Waals surface area contributed by atoms with E-state index in [9.17, 15) is 34.8 Å². The predicted molar refractivity (Wildman–Crippen MR) is 39.7 cm³/mol. The van der Waals surface area contributed by atoms with E-state index in [0.29, 0.717) is 0 Å². The van der Waals surface area contributed by atoms with Gasteiger partial charge in [0.2, 0.25) is 0 Å². The fraction of sp³-hybridized carbons (Fsp3) is 1.00. The maximum atomic E-state index is 11.9. The maximum Gasteiger partial charge on any atom is 0.497 e. The van der Waals surface area contributed by atoms with Crippen LogP contribution in [0.3, 0.4) is 0 Å². The molecule has 0 aromatic heterocycles. The van der Waals surface area contributed by atoms with E-state index in [-0.39, 0.29) is 0 Å². The molecular formula is C6H8F6O2S. The fourth-order valence-electron chi connectivity index (χ4n) is 0.921. The molecule has 15 heavy (non-hydrogen) atoms. The number of hydrogen-bond acceptors (Lipinski definition) is 2. The first-order valence-corrected chi connectivity index (χ1v) is 5.33. The molecule has 0 saturated carbocycles. The molecule has 1 unspecified atom stereocenters. The maximum absolute atomic E-state index is 11.9. The highest BCUT2D eigenvalue weighted by Gasteiger charge is 2.52. The number of hydrogen-bond donors (Lipinski definition) is 0. The molecule has 0 aromatic carbocycles. The molecule has 0 aliphatic rings. The van der Waals surface area contributed by atoms with Crippen molar-refractivity contribution in [3.63, 3.8) is 0 Å². The highest BCUT2D eigenvalue weighted by Crippen LogP contribution is 2.34. The van der Waals surface area contributed by atoms with Gasteiger partial charge in [-0.25, -0.2) is 8.42 Å². The molecule has 0 rings (SSSR count). The molecule has 2 nitrogen and oxygen atoms in total. The molecule has 0 radical (unpaired) electrons. The van der Waals surface area contributed by atoms with Gasteiger partial charge >= 0.3 is 11.7 Å². The summed E-state index contributed by atoms with van der Waals surface area (Å²) < 4.78 is 92.3. The Morgan fingerprint density at radius 3 is 1.67 bits per heavy atom. The highest BCUT2D eigenvalue weighted by atomic mass is 32.2. The van der Waals surface area contributed by atoms with Crippen LogP contribution in [0, 0.1) is 0 Å². The summed E-state index contributed by atoms with van der Waals surface area (Å²) in [5.74, 6) is 0. The summed E-state index contributed by atoms with van der Waals surface area (Å²) in [6.07, 6.45) is -7.65. The third-order valence-electron chi connectivity index (χ3n) is 1.68. The van der Waals surface area contributed by atoms with Crippen molar-refractivity contribution in [2.24, 2.45) is 0 Å². The average Bonchev–Trinajstić information content (AvgIpc) is 1.95. The van der Waals surface area contributed by atoms with Crippen LogP contribution in [0.15, 0.2) is 0 Å². The first-order chi connectivity index (χ1) is 6.42. The van der Waals surface area contributed by atoms with Gasteiger partial charge in [0.1, 0.15) is 0 Å². The van der Waals surface area contributed by atoms with Crippen molar-refractivity contribution >= 4 is 9.84 Å². The fourth-order valence-corrected chi connectivity index (χ4v) is 2.15. The number of alkyl halides is 6. The summed E-state index contributed by atoms with van der Waals surface area (Å²) >= 11 is 0. The van der Waals surface area contributed by atoms with Crippen LogP contribution >= 0.6 is 0 Å². The second kappa shape index (κ2) is 4.18. The van der Waals surface area contributed by atoms with Gasteiger partial charge in [0.05, 0.1) is 11.7 Å². The summed E-state index contributed by atoms with van der Waals surface area (Å²) in [6, 6.07) is 0. The number of rotatable bonds is 3. The summed E-state index contributed by atoms with van der Waals surface area (Å²) in [5.41, 5.74) is -5.64. The largest absolute Gasteiger partial charge is 0.497 e. The molecule has 0 aromatic rings. The van der Waals surface area contributed by atoms with Crippen LogP contribution < -0.4 is 0 Å². The van der Waals surface area contributed by atoms with Gasteiger partial charge in [0.15, 0.2) is 0 Å². The average molecular weight is 258 g/mol. The molecule has 9 heteroatoms. The van der Waals surface area contributed by atoms with E-state index in [4.69, 9.17) is 0 Å². The Morgan fingerprint density at radius 1 is 1.07 bits per heavy atom. The lowest BCUT2D eigenvalue weighted by molar-refractivity contribution is -0.135. The van der Waals surface area contributed by atoms with Crippen molar-refractivity contribution in [2.45, 2.75) is 36.7 Å². The molecular weight excluding hydrogens is 250 g/mol. The Hall–Kier alpha value is -0.470. The standard InChI is InChI=1S/C6H8F6O2S/c1-2-4(3-5(7,8)9)15(13,14)6(10,11)12/h4H,2-3H2,1H3. The molecule has 0 aliphatic heterocycles. The lowest BCUT2D eigenvalue weighted by Crippen LogP contribution is -2.36. The lowest BCUT2D eigenvalue weighted by atomic mass is 10.2. The van der Waals surface area contributed by atoms with Crippen LogP contribution in [0.2, 0.25) is 0 Å². The predicted octanol–water partition coefficient (Wildman–Crippen LogP) is 2.65. The number of sulfone groups is 1. The van der Waals surface area contributed by atoms with E-state index >= 15 is 0 Å². The van der Waals surface area contributed by atoms with Crippen molar-refractivity contribution in [3.05, 3.63) is 0 Å². The van der Waals surface area contributed by atoms with E-state index < -0.39 is 39.6 Å². The lowest BCUT2D eigenvalue weighted by Gasteiger charge is -2.18. The Bertz CT molecular complexity index is 301. The molecule has 92 valence electrons. The topological polar surface area (TPSA) is 34.1 Å². The van der Waals surface area contributed by atoms with Crippen molar-refractivity contribution in [2.75, 3.05) is 0 Å². The van der Waals surface area contributed by atoms with Crippen LogP contribution in [0.1, 0.15) is 19.8 Å². The molecule has 0 fully saturated rings. The molecule has 0 N–H and O–H groups in total. The molecule has 0 bridgehead atoms. The minimum absolute atomic E-state index is 0.735. The summed E-state index contributed by atoms with van der Waals surface area (Å²) in [5, 5.41) is -2.46. The van der Waals surface area contributed by atoms with Crippen LogP contribution in [0.25, 0.3) is 0 Å². The molecule has 0 saturated heterocycles. The Morgan fingerprint density at radius 2 is 1.47 bits per heavy atom. The van der Waals surface area contributed by atoms with Crippen LogP contribution in [-0.2, 0) is 9.84 Å². The molecule has 1 atom stereocenters. The molecule has 0 amide bonds. The van der Waals surface area contributed by atoms with Gasteiger partial charge in [-0.05, 0) is 6.42 Å². The molecule has 0 spiro atoms. The van der Waals surface area contributed by atoms with Gasteiger partial charge in [-0.2, -0.15) is 26.3 Å². The summed E-state index contributed by atoms with van der Waals surface area (Å²) in [6.45, 7) is 0.958. The van der Waals surface area contributed by atoms with Crippen LogP contribution in [-0.4, -0.2) is 25.4 Å². The van der Waals surface area contributed by atoms with Crippen LogP contribution in [0.4, 0.5) is 26.3 Å². The van der Waals surface area contributed by atoms with E-state index in [1.807, 2.05) is 0 Å². The monoisotopic (exact) mass is 258 g/mol. The zero-order chi connectivity index (χ0) is 12.5. The summed E-state index contributed by atoms with van der Waals surface area (Å²) in [4.78, 5) is 0. The van der Waals surface area contributed by atoms with Crippen LogP contribution in [0.5, 0.6) is 0 Å². The third-order valence-corrected chi connectivity index (χ3v) is 3.70. The van der Waals surface area contributed by atoms with Gasteiger partial charge in [0, 0.05) is 0 Å². The molecule has 0 aliphatic carbocycles. The van der Waals surface area contributed by atoms with Gasteiger partial charge in [-0.3, -0.25) is 0 Å². The van der Waals surface area contributed by atoms with Gasteiger partial charge in [-0.15, -0.1) is 0 Å². The minimum atomic E-state index is -5.74. The highest BCUT2D eigenvalue weighted by molar-refractivity contribution is 7.92. The zero-order valence-electron chi connectivity index (χ0n) is 7.48. The minimum Gasteiger partial charge on any atom is -0.219 e. The SMILES string of the molecule is CCC(CC(F)(F)F)S(=O)(=O)C(F)(F)F. The summed E-state index contributed by atoms with van der Waals surface area (Å²) in [7, 11) is -5.74. The van der Waals surface area contributed by atoms with E-state index in [1.54, 1.807) is 0 Å². The first kappa shape index (κ1) is 14.5. The number of halogens is 6. The van der Waals surface area contributed by atoms with Crippen molar-refractivity contribution in [1.29, 1.82) is 0 Å². The Labute approximate surface area is 82.2 Å².